The Hall–Kier alpha value is -3.15. The third kappa shape index (κ3) is 3.68. The van der Waals surface area contributed by atoms with Gasteiger partial charge in [0.25, 0.3) is 0 Å². The lowest BCUT2D eigenvalue weighted by Gasteiger charge is -2.19. The average molecular weight is 435 g/mol. The number of alkyl halides is 3. The summed E-state index contributed by atoms with van der Waals surface area (Å²) in [6, 6.07) is 18.0. The second-order valence-electron chi connectivity index (χ2n) is 9.49. The van der Waals surface area contributed by atoms with Crippen LogP contribution in [0.5, 0.6) is 0 Å². The molecule has 0 spiro atoms. The van der Waals surface area contributed by atoms with Gasteiger partial charge in [-0.05, 0) is 42.0 Å². The summed E-state index contributed by atoms with van der Waals surface area (Å²) in [6.07, 6.45) is -2.79. The van der Waals surface area contributed by atoms with E-state index in [1.165, 1.54) is 6.07 Å². The molecule has 4 aromatic rings. The minimum absolute atomic E-state index is 0.0435. The zero-order valence-electron chi connectivity index (χ0n) is 18.2. The van der Waals surface area contributed by atoms with Crippen LogP contribution in [0.2, 0.25) is 0 Å². The molecule has 0 radical (unpaired) electrons. The quantitative estimate of drug-likeness (QED) is 0.338. The van der Waals surface area contributed by atoms with Crippen LogP contribution in [-0.4, -0.2) is 14.8 Å². The first-order valence-electron chi connectivity index (χ1n) is 10.8. The maximum atomic E-state index is 14.2. The predicted octanol–water partition coefficient (Wildman–Crippen LogP) is 7.28. The van der Waals surface area contributed by atoms with Gasteiger partial charge in [0, 0.05) is 11.5 Å². The fourth-order valence-electron chi connectivity index (χ4n) is 4.05. The minimum atomic E-state index is -4.50. The molecule has 164 valence electrons. The number of fused-ring (bicyclic) bond motifs is 1. The molecular formula is C26H24F3N3. The van der Waals surface area contributed by atoms with Crippen molar-refractivity contribution in [1.82, 2.24) is 14.8 Å². The van der Waals surface area contributed by atoms with Crippen LogP contribution >= 0.6 is 0 Å². The van der Waals surface area contributed by atoms with Crippen molar-refractivity contribution in [2.45, 2.75) is 51.1 Å². The van der Waals surface area contributed by atoms with Crippen LogP contribution in [0.15, 0.2) is 60.7 Å². The van der Waals surface area contributed by atoms with Crippen LogP contribution in [0, 0.1) is 0 Å². The summed E-state index contributed by atoms with van der Waals surface area (Å²) in [5.41, 5.74) is 2.80. The lowest BCUT2D eigenvalue weighted by molar-refractivity contribution is -0.136. The van der Waals surface area contributed by atoms with Crippen molar-refractivity contribution in [1.29, 1.82) is 0 Å². The Morgan fingerprint density at radius 2 is 1.56 bits per heavy atom. The second-order valence-corrected chi connectivity index (χ2v) is 9.49. The molecule has 32 heavy (non-hydrogen) atoms. The van der Waals surface area contributed by atoms with Crippen LogP contribution in [0.4, 0.5) is 13.2 Å². The number of benzene rings is 2. The fourth-order valence-corrected chi connectivity index (χ4v) is 4.05. The number of aromatic nitrogens is 3. The van der Waals surface area contributed by atoms with E-state index >= 15 is 0 Å². The summed E-state index contributed by atoms with van der Waals surface area (Å²) >= 11 is 0. The Bertz CT molecular complexity index is 1280. The Morgan fingerprint density at radius 1 is 0.906 bits per heavy atom. The Labute approximate surface area is 184 Å². The molecule has 0 saturated heterocycles. The molecule has 0 atom stereocenters. The zero-order chi connectivity index (χ0) is 22.7. The third-order valence-corrected chi connectivity index (χ3v) is 5.98. The molecule has 5 rings (SSSR count). The van der Waals surface area contributed by atoms with Crippen molar-refractivity contribution in [3.8, 4) is 16.9 Å². The molecule has 1 aliphatic rings. The first kappa shape index (κ1) is 20.7. The molecule has 0 bridgehead atoms. The van der Waals surface area contributed by atoms with Crippen molar-refractivity contribution < 1.29 is 13.2 Å². The van der Waals surface area contributed by atoms with Gasteiger partial charge in [0.2, 0.25) is 0 Å². The fraction of sp³-hybridized carbons (Fsp3) is 0.308. The number of rotatable bonds is 3. The number of para-hydroxylation sites is 1. The standard InChI is InChI=1S/C26H24F3N3/c1-25(2,3)18-13-11-16(12-14-18)21-15-20(26(27,28)29)22-23(17-9-10-17)31-32(24(22)30-21)19-7-5-4-6-8-19/h4-8,11-15,17H,9-10H2,1-3H3. The van der Waals surface area contributed by atoms with Gasteiger partial charge < -0.3 is 0 Å². The molecule has 0 unspecified atom stereocenters. The van der Waals surface area contributed by atoms with Gasteiger partial charge in [-0.2, -0.15) is 18.3 Å². The summed E-state index contributed by atoms with van der Waals surface area (Å²) in [6.45, 7) is 6.31. The van der Waals surface area contributed by atoms with E-state index in [9.17, 15) is 13.2 Å². The Morgan fingerprint density at radius 3 is 2.12 bits per heavy atom. The number of hydrogen-bond acceptors (Lipinski definition) is 2. The van der Waals surface area contributed by atoms with Gasteiger partial charge in [-0.25, -0.2) is 9.67 Å². The van der Waals surface area contributed by atoms with E-state index in [2.05, 4.69) is 25.9 Å². The van der Waals surface area contributed by atoms with E-state index in [4.69, 9.17) is 4.98 Å². The second kappa shape index (κ2) is 7.19. The van der Waals surface area contributed by atoms with Gasteiger partial charge in [-0.1, -0.05) is 63.2 Å². The monoisotopic (exact) mass is 435 g/mol. The van der Waals surface area contributed by atoms with Crippen LogP contribution < -0.4 is 0 Å². The summed E-state index contributed by atoms with van der Waals surface area (Å²) in [5, 5.41) is 4.76. The summed E-state index contributed by atoms with van der Waals surface area (Å²) in [4.78, 5) is 4.72. The molecule has 0 N–H and O–H groups in total. The van der Waals surface area contributed by atoms with Crippen LogP contribution in [0.25, 0.3) is 28.0 Å². The minimum Gasteiger partial charge on any atom is -0.228 e. The smallest absolute Gasteiger partial charge is 0.228 e. The van der Waals surface area contributed by atoms with Crippen molar-refractivity contribution in [3.63, 3.8) is 0 Å². The van der Waals surface area contributed by atoms with Gasteiger partial charge in [-0.15, -0.1) is 0 Å². The number of hydrogen-bond donors (Lipinski definition) is 0. The van der Waals surface area contributed by atoms with Crippen LogP contribution in [0.3, 0.4) is 0 Å². The summed E-state index contributed by atoms with van der Waals surface area (Å²) in [5.74, 6) is 0.0577. The molecular weight excluding hydrogens is 411 g/mol. The SMILES string of the molecule is CC(C)(C)c1ccc(-c2cc(C(F)(F)F)c3c(C4CC4)nn(-c4ccccc4)c3n2)cc1. The van der Waals surface area contributed by atoms with Gasteiger partial charge in [0.1, 0.15) is 0 Å². The molecule has 2 heterocycles. The van der Waals surface area contributed by atoms with Crippen LogP contribution in [-0.2, 0) is 11.6 Å². The predicted molar refractivity (Wildman–Crippen MR) is 120 cm³/mol. The first-order valence-corrected chi connectivity index (χ1v) is 10.8. The van der Waals surface area contributed by atoms with Crippen molar-refractivity contribution in [2.24, 2.45) is 0 Å². The van der Waals surface area contributed by atoms with Crippen molar-refractivity contribution in [2.75, 3.05) is 0 Å². The third-order valence-electron chi connectivity index (χ3n) is 5.98. The van der Waals surface area contributed by atoms with Gasteiger partial charge in [-0.3, -0.25) is 0 Å². The van der Waals surface area contributed by atoms with Gasteiger partial charge in [0.05, 0.1) is 28.0 Å². The highest BCUT2D eigenvalue weighted by Gasteiger charge is 2.39. The molecule has 1 saturated carbocycles. The average Bonchev–Trinajstić information content (AvgIpc) is 3.53. The zero-order valence-corrected chi connectivity index (χ0v) is 18.2. The molecule has 1 aliphatic carbocycles. The van der Waals surface area contributed by atoms with E-state index < -0.39 is 11.7 Å². The van der Waals surface area contributed by atoms with Gasteiger partial charge in [0.15, 0.2) is 5.65 Å². The number of pyridine rings is 1. The summed E-state index contributed by atoms with van der Waals surface area (Å²) < 4.78 is 44.3. The van der Waals surface area contributed by atoms with Crippen molar-refractivity contribution >= 4 is 11.0 Å². The molecule has 1 fully saturated rings. The normalized spacial score (nSPS) is 14.8. The molecule has 0 amide bonds. The first-order chi connectivity index (χ1) is 15.1. The Kier molecular flexibility index (Phi) is 4.66. The van der Waals surface area contributed by atoms with E-state index in [1.54, 1.807) is 4.68 Å². The maximum absolute atomic E-state index is 14.2. The van der Waals surface area contributed by atoms with Crippen LogP contribution in [0.1, 0.15) is 56.4 Å². The largest absolute Gasteiger partial charge is 0.417 e. The van der Waals surface area contributed by atoms with E-state index in [-0.39, 0.29) is 22.4 Å². The maximum Gasteiger partial charge on any atom is 0.417 e. The molecule has 2 aromatic carbocycles. The summed E-state index contributed by atoms with van der Waals surface area (Å²) in [7, 11) is 0. The van der Waals surface area contributed by atoms with Crippen molar-refractivity contribution in [3.05, 3.63) is 77.5 Å². The molecule has 2 aromatic heterocycles. The number of nitrogens with zero attached hydrogens (tertiary/aromatic N) is 3. The molecule has 6 heteroatoms. The van der Waals surface area contributed by atoms with E-state index in [0.717, 1.165) is 18.4 Å². The van der Waals surface area contributed by atoms with Gasteiger partial charge >= 0.3 is 6.18 Å². The highest BCUT2D eigenvalue weighted by Crippen LogP contribution is 2.47. The number of halogens is 3. The van der Waals surface area contributed by atoms with E-state index in [1.807, 2.05) is 54.6 Å². The highest BCUT2D eigenvalue weighted by atomic mass is 19.4. The Balaban J connectivity index is 1.77. The lowest BCUT2D eigenvalue weighted by atomic mass is 9.86. The van der Waals surface area contributed by atoms with E-state index in [0.29, 0.717) is 22.6 Å². The molecule has 3 nitrogen and oxygen atoms in total. The molecule has 0 aliphatic heterocycles. The lowest BCUT2D eigenvalue weighted by Crippen LogP contribution is -2.10. The topological polar surface area (TPSA) is 30.7 Å². The highest BCUT2D eigenvalue weighted by molar-refractivity contribution is 5.88.